The minimum absolute atomic E-state index is 0.0816. The van der Waals surface area contributed by atoms with E-state index in [2.05, 4.69) is 5.32 Å². The number of piperazine rings is 1. The molecule has 0 radical (unpaired) electrons. The number of urea groups is 1. The zero-order chi connectivity index (χ0) is 18.4. The van der Waals surface area contributed by atoms with Gasteiger partial charge in [0.2, 0.25) is 5.91 Å². The Bertz CT molecular complexity index is 764. The summed E-state index contributed by atoms with van der Waals surface area (Å²) >= 11 is 7.44. The van der Waals surface area contributed by atoms with Crippen LogP contribution in [0.4, 0.5) is 10.5 Å². The Labute approximate surface area is 162 Å². The first-order valence-corrected chi connectivity index (χ1v) is 9.75. The topological polar surface area (TPSA) is 52.7 Å². The van der Waals surface area contributed by atoms with Gasteiger partial charge in [0.25, 0.3) is 0 Å². The Balaban J connectivity index is 1.44. The number of carbonyl (C=O) groups excluding carboxylic acids is 2. The number of amides is 3. The maximum atomic E-state index is 12.4. The molecule has 0 aromatic heterocycles. The molecular weight excluding hydrogens is 370 g/mol. The molecule has 1 heterocycles. The molecule has 0 bridgehead atoms. The lowest BCUT2D eigenvalue weighted by molar-refractivity contribution is -0.129. The van der Waals surface area contributed by atoms with Gasteiger partial charge in [-0.25, -0.2) is 4.79 Å². The number of nitrogens with one attached hydrogen (secondary N) is 1. The SMILES string of the molecule is O=C(CSc1cccc(Cl)c1)N1CCN(C(=O)Nc2ccccc2)CC1. The van der Waals surface area contributed by atoms with Crippen molar-refractivity contribution >= 4 is 41.0 Å². The van der Waals surface area contributed by atoms with E-state index in [4.69, 9.17) is 11.6 Å². The lowest BCUT2D eigenvalue weighted by Gasteiger charge is -2.34. The van der Waals surface area contributed by atoms with Gasteiger partial charge in [0.05, 0.1) is 5.75 Å². The molecule has 0 aliphatic carbocycles. The summed E-state index contributed by atoms with van der Waals surface area (Å²) in [4.78, 5) is 29.2. The number of para-hydroxylation sites is 1. The minimum atomic E-state index is -0.128. The molecule has 2 aromatic rings. The Kier molecular flexibility index (Phi) is 6.41. The van der Waals surface area contributed by atoms with Crippen LogP contribution in [0.3, 0.4) is 0 Å². The number of thioether (sulfide) groups is 1. The van der Waals surface area contributed by atoms with E-state index in [9.17, 15) is 9.59 Å². The van der Waals surface area contributed by atoms with Crippen molar-refractivity contribution < 1.29 is 9.59 Å². The largest absolute Gasteiger partial charge is 0.338 e. The van der Waals surface area contributed by atoms with Crippen molar-refractivity contribution in [2.75, 3.05) is 37.2 Å². The number of rotatable bonds is 4. The van der Waals surface area contributed by atoms with Crippen LogP contribution in [0.1, 0.15) is 0 Å². The van der Waals surface area contributed by atoms with E-state index in [1.165, 1.54) is 11.8 Å². The van der Waals surface area contributed by atoms with Gasteiger partial charge in [-0.05, 0) is 30.3 Å². The number of benzene rings is 2. The first kappa shape index (κ1) is 18.6. The highest BCUT2D eigenvalue weighted by molar-refractivity contribution is 8.00. The molecule has 1 N–H and O–H groups in total. The number of nitrogens with zero attached hydrogens (tertiary/aromatic N) is 2. The standard InChI is InChI=1S/C19H20ClN3O2S/c20-15-5-4-8-17(13-15)26-14-18(24)22-9-11-23(12-10-22)19(25)21-16-6-2-1-3-7-16/h1-8,13H,9-12,14H2,(H,21,25). The van der Waals surface area contributed by atoms with Crippen LogP contribution in [0.5, 0.6) is 0 Å². The smallest absolute Gasteiger partial charge is 0.321 e. The van der Waals surface area contributed by atoms with E-state index in [0.717, 1.165) is 10.6 Å². The van der Waals surface area contributed by atoms with E-state index >= 15 is 0 Å². The zero-order valence-corrected chi connectivity index (χ0v) is 15.8. The van der Waals surface area contributed by atoms with Gasteiger partial charge in [-0.15, -0.1) is 11.8 Å². The number of anilines is 1. The van der Waals surface area contributed by atoms with Gasteiger partial charge in [-0.3, -0.25) is 4.79 Å². The van der Waals surface area contributed by atoms with Crippen LogP contribution in [0, 0.1) is 0 Å². The molecule has 0 atom stereocenters. The second-order valence-electron chi connectivity index (χ2n) is 5.91. The molecule has 1 aliphatic rings. The van der Waals surface area contributed by atoms with Crippen molar-refractivity contribution in [2.45, 2.75) is 4.90 Å². The Hall–Kier alpha value is -2.18. The summed E-state index contributed by atoms with van der Waals surface area (Å²) in [6, 6.07) is 16.7. The molecular formula is C19H20ClN3O2S. The van der Waals surface area contributed by atoms with Crippen LogP contribution in [-0.2, 0) is 4.79 Å². The van der Waals surface area contributed by atoms with E-state index < -0.39 is 0 Å². The second kappa shape index (κ2) is 8.96. The average molecular weight is 390 g/mol. The fraction of sp³-hybridized carbons (Fsp3) is 0.263. The molecule has 3 rings (SSSR count). The van der Waals surface area contributed by atoms with Gasteiger partial charge in [0, 0.05) is 41.8 Å². The van der Waals surface area contributed by atoms with Crippen LogP contribution >= 0.6 is 23.4 Å². The first-order chi connectivity index (χ1) is 12.6. The summed E-state index contributed by atoms with van der Waals surface area (Å²) in [5.41, 5.74) is 0.772. The molecule has 7 heteroatoms. The number of halogens is 1. The summed E-state index contributed by atoms with van der Waals surface area (Å²) in [5.74, 6) is 0.453. The monoisotopic (exact) mass is 389 g/mol. The van der Waals surface area contributed by atoms with Crippen LogP contribution in [0.25, 0.3) is 0 Å². The molecule has 26 heavy (non-hydrogen) atoms. The summed E-state index contributed by atoms with van der Waals surface area (Å²) in [6.07, 6.45) is 0. The first-order valence-electron chi connectivity index (χ1n) is 8.39. The van der Waals surface area contributed by atoms with Crippen LogP contribution in [0.2, 0.25) is 5.02 Å². The highest BCUT2D eigenvalue weighted by Crippen LogP contribution is 2.22. The van der Waals surface area contributed by atoms with Gasteiger partial charge < -0.3 is 15.1 Å². The lowest BCUT2D eigenvalue weighted by Crippen LogP contribution is -2.52. The maximum absolute atomic E-state index is 12.4. The maximum Gasteiger partial charge on any atom is 0.321 e. The Morgan fingerprint density at radius 2 is 1.65 bits per heavy atom. The van der Waals surface area contributed by atoms with Crippen molar-refractivity contribution in [2.24, 2.45) is 0 Å². The molecule has 0 spiro atoms. The van der Waals surface area contributed by atoms with Crippen LogP contribution < -0.4 is 5.32 Å². The minimum Gasteiger partial charge on any atom is -0.338 e. The van der Waals surface area contributed by atoms with Gasteiger partial charge in [-0.1, -0.05) is 35.9 Å². The normalized spacial score (nSPS) is 14.2. The fourth-order valence-electron chi connectivity index (χ4n) is 2.68. The number of carbonyl (C=O) groups is 2. The highest BCUT2D eigenvalue weighted by Gasteiger charge is 2.24. The molecule has 1 saturated heterocycles. The number of hydrogen-bond donors (Lipinski definition) is 1. The fourth-order valence-corrected chi connectivity index (χ4v) is 3.79. The highest BCUT2D eigenvalue weighted by atomic mass is 35.5. The summed E-state index contributed by atoms with van der Waals surface area (Å²) < 4.78 is 0. The molecule has 136 valence electrons. The molecule has 1 aliphatic heterocycles. The van der Waals surface area contributed by atoms with E-state index in [0.29, 0.717) is 37.0 Å². The predicted octanol–water partition coefficient (Wildman–Crippen LogP) is 3.81. The van der Waals surface area contributed by atoms with E-state index in [1.807, 2.05) is 59.5 Å². The van der Waals surface area contributed by atoms with Gasteiger partial charge in [-0.2, -0.15) is 0 Å². The second-order valence-corrected chi connectivity index (χ2v) is 7.40. The predicted molar refractivity (Wildman–Crippen MR) is 106 cm³/mol. The molecule has 0 saturated carbocycles. The molecule has 5 nitrogen and oxygen atoms in total. The average Bonchev–Trinajstić information content (AvgIpc) is 2.67. The van der Waals surface area contributed by atoms with Crippen molar-refractivity contribution in [3.8, 4) is 0 Å². The lowest BCUT2D eigenvalue weighted by atomic mass is 10.3. The number of hydrogen-bond acceptors (Lipinski definition) is 3. The molecule has 1 fully saturated rings. The summed E-state index contributed by atoms with van der Waals surface area (Å²) in [5, 5.41) is 3.54. The third kappa shape index (κ3) is 5.16. The van der Waals surface area contributed by atoms with Crippen molar-refractivity contribution in [1.29, 1.82) is 0 Å². The van der Waals surface area contributed by atoms with Gasteiger partial charge >= 0.3 is 6.03 Å². The molecule has 2 aromatic carbocycles. The Morgan fingerprint density at radius 1 is 0.962 bits per heavy atom. The van der Waals surface area contributed by atoms with Gasteiger partial charge in [0.15, 0.2) is 0 Å². The molecule has 0 unspecified atom stereocenters. The third-order valence-electron chi connectivity index (χ3n) is 4.10. The van der Waals surface area contributed by atoms with E-state index in [1.54, 1.807) is 4.90 Å². The van der Waals surface area contributed by atoms with Crippen LogP contribution in [0.15, 0.2) is 59.5 Å². The van der Waals surface area contributed by atoms with E-state index in [-0.39, 0.29) is 11.9 Å². The van der Waals surface area contributed by atoms with Crippen molar-refractivity contribution in [3.63, 3.8) is 0 Å². The third-order valence-corrected chi connectivity index (χ3v) is 5.32. The van der Waals surface area contributed by atoms with Gasteiger partial charge in [0.1, 0.15) is 0 Å². The van der Waals surface area contributed by atoms with Crippen molar-refractivity contribution in [1.82, 2.24) is 9.80 Å². The zero-order valence-electron chi connectivity index (χ0n) is 14.2. The summed E-state index contributed by atoms with van der Waals surface area (Å²) in [7, 11) is 0. The van der Waals surface area contributed by atoms with Crippen LogP contribution in [-0.4, -0.2) is 53.7 Å². The Morgan fingerprint density at radius 3 is 2.35 bits per heavy atom. The molecule has 3 amide bonds. The quantitative estimate of drug-likeness (QED) is 0.809. The van der Waals surface area contributed by atoms with Crippen molar-refractivity contribution in [3.05, 3.63) is 59.6 Å². The summed E-state index contributed by atoms with van der Waals surface area (Å²) in [6.45, 7) is 2.17.